The third-order valence-electron chi connectivity index (χ3n) is 6.63. The highest BCUT2D eigenvalue weighted by atomic mass is 16.2. The summed E-state index contributed by atoms with van der Waals surface area (Å²) < 4.78 is 0. The molecule has 3 aromatic rings. The maximum atomic E-state index is 13.7. The molecule has 3 heterocycles. The average molecular weight is 421 g/mol. The lowest BCUT2D eigenvalue weighted by Crippen LogP contribution is -2.44. The topological polar surface area (TPSA) is 70.0 Å². The first-order chi connectivity index (χ1) is 15.7. The highest BCUT2D eigenvalue weighted by molar-refractivity contribution is 6.24. The number of benzene rings is 3. The molecule has 3 aliphatic rings. The number of amides is 2. The second-order valence-corrected chi connectivity index (χ2v) is 8.27. The van der Waals surface area contributed by atoms with Crippen LogP contribution in [0.1, 0.15) is 27.5 Å². The number of ketones is 1. The minimum Gasteiger partial charge on any atom is -0.292 e. The lowest BCUT2D eigenvalue weighted by Gasteiger charge is -2.33. The fourth-order valence-electron chi connectivity index (χ4n) is 5.27. The van der Waals surface area contributed by atoms with E-state index in [0.717, 1.165) is 11.1 Å². The normalized spacial score (nSPS) is 25.5. The molecule has 32 heavy (non-hydrogen) atoms. The molecule has 3 aliphatic heterocycles. The molecule has 4 atom stereocenters. The van der Waals surface area contributed by atoms with Crippen LogP contribution in [0, 0.1) is 11.8 Å². The Morgan fingerprint density at radius 3 is 2.12 bits per heavy atom. The molecule has 0 bridgehead atoms. The summed E-state index contributed by atoms with van der Waals surface area (Å²) in [5, 5.41) is 6.26. The van der Waals surface area contributed by atoms with Crippen LogP contribution in [0.2, 0.25) is 0 Å². The van der Waals surface area contributed by atoms with E-state index in [9.17, 15) is 14.4 Å². The van der Waals surface area contributed by atoms with Gasteiger partial charge in [-0.25, -0.2) is 4.90 Å². The third kappa shape index (κ3) is 2.52. The van der Waals surface area contributed by atoms with Gasteiger partial charge in [-0.05, 0) is 23.3 Å². The molecule has 0 saturated carbocycles. The number of hydrazone groups is 1. The molecule has 2 saturated heterocycles. The zero-order valence-electron chi connectivity index (χ0n) is 17.0. The maximum Gasteiger partial charge on any atom is 0.240 e. The first-order valence-corrected chi connectivity index (χ1v) is 10.6. The number of anilines is 1. The Balaban J connectivity index is 1.51. The van der Waals surface area contributed by atoms with Gasteiger partial charge in [0, 0.05) is 5.56 Å². The largest absolute Gasteiger partial charge is 0.292 e. The van der Waals surface area contributed by atoms with E-state index in [2.05, 4.69) is 5.10 Å². The number of para-hydroxylation sites is 1. The van der Waals surface area contributed by atoms with Gasteiger partial charge in [-0.15, -0.1) is 0 Å². The van der Waals surface area contributed by atoms with E-state index in [1.807, 2.05) is 36.4 Å². The van der Waals surface area contributed by atoms with E-state index in [4.69, 9.17) is 0 Å². The van der Waals surface area contributed by atoms with Gasteiger partial charge in [0.25, 0.3) is 0 Å². The fourth-order valence-corrected chi connectivity index (χ4v) is 5.27. The molecule has 156 valence electrons. The van der Waals surface area contributed by atoms with Crippen molar-refractivity contribution in [2.24, 2.45) is 16.9 Å². The van der Waals surface area contributed by atoms with Crippen molar-refractivity contribution in [2.45, 2.75) is 12.1 Å². The quantitative estimate of drug-likeness (QED) is 0.480. The molecule has 6 nitrogen and oxygen atoms in total. The van der Waals surface area contributed by atoms with Crippen LogP contribution in [0.5, 0.6) is 0 Å². The standard InChI is InChI=1S/C26H19N3O3/c30-24(16-9-3-1-4-10-16)23-21-20(22-19-14-8-7-11-17(19)15-27-29(22)23)25(31)28(26(21)32)18-12-5-2-6-13-18/h1-15,20-23H/t20-,21-,22-,23+/m1/s1. The summed E-state index contributed by atoms with van der Waals surface area (Å²) in [7, 11) is 0. The molecule has 0 aromatic heterocycles. The zero-order valence-corrected chi connectivity index (χ0v) is 17.0. The van der Waals surface area contributed by atoms with Crippen LogP contribution in [-0.2, 0) is 9.59 Å². The van der Waals surface area contributed by atoms with Gasteiger partial charge < -0.3 is 0 Å². The summed E-state index contributed by atoms with van der Waals surface area (Å²) in [4.78, 5) is 42.3. The fraction of sp³-hybridized carbons (Fsp3) is 0.154. The number of carbonyl (C=O) groups is 3. The summed E-state index contributed by atoms with van der Waals surface area (Å²) in [6, 6.07) is 24.2. The van der Waals surface area contributed by atoms with Crippen molar-refractivity contribution in [2.75, 3.05) is 4.90 Å². The predicted octanol–water partition coefficient (Wildman–Crippen LogP) is 3.45. The van der Waals surface area contributed by atoms with Crippen LogP contribution in [0.4, 0.5) is 5.69 Å². The average Bonchev–Trinajstić information content (AvgIpc) is 3.32. The molecular weight excluding hydrogens is 402 g/mol. The van der Waals surface area contributed by atoms with Crippen LogP contribution in [0.15, 0.2) is 90.0 Å². The van der Waals surface area contributed by atoms with E-state index in [-0.39, 0.29) is 17.6 Å². The molecule has 6 rings (SSSR count). The Morgan fingerprint density at radius 2 is 1.38 bits per heavy atom. The number of hydrogen-bond donors (Lipinski definition) is 0. The van der Waals surface area contributed by atoms with Gasteiger partial charge in [-0.2, -0.15) is 5.10 Å². The molecule has 2 fully saturated rings. The molecular formula is C26H19N3O3. The highest BCUT2D eigenvalue weighted by Crippen LogP contribution is 2.53. The predicted molar refractivity (Wildman–Crippen MR) is 119 cm³/mol. The van der Waals surface area contributed by atoms with Gasteiger partial charge in [0.05, 0.1) is 29.8 Å². The van der Waals surface area contributed by atoms with Crippen molar-refractivity contribution in [1.29, 1.82) is 0 Å². The zero-order chi connectivity index (χ0) is 21.8. The molecule has 3 aromatic carbocycles. The Bertz CT molecular complexity index is 1270. The van der Waals surface area contributed by atoms with Crippen LogP contribution >= 0.6 is 0 Å². The summed E-state index contributed by atoms with van der Waals surface area (Å²) in [6.07, 6.45) is 1.71. The number of carbonyl (C=O) groups excluding carboxylic acids is 3. The van der Waals surface area contributed by atoms with E-state index in [1.54, 1.807) is 59.8 Å². The Hall–Kier alpha value is -4.06. The van der Waals surface area contributed by atoms with Crippen LogP contribution in [0.3, 0.4) is 0 Å². The number of imide groups is 1. The van der Waals surface area contributed by atoms with Crippen molar-refractivity contribution in [3.63, 3.8) is 0 Å². The third-order valence-corrected chi connectivity index (χ3v) is 6.63. The molecule has 0 spiro atoms. The molecule has 6 heteroatoms. The lowest BCUT2D eigenvalue weighted by atomic mass is 9.83. The Morgan fingerprint density at radius 1 is 0.750 bits per heavy atom. The SMILES string of the molecule is O=C(c1ccccc1)[C@@H]1[C@@H]2C(=O)N(c3ccccc3)C(=O)[C@H]2[C@H]2c3ccccc3C=NN12. The minimum absolute atomic E-state index is 0.198. The van der Waals surface area contributed by atoms with Crippen LogP contribution < -0.4 is 4.90 Å². The monoisotopic (exact) mass is 421 g/mol. The molecule has 0 unspecified atom stereocenters. The van der Waals surface area contributed by atoms with Gasteiger partial charge in [-0.1, -0.05) is 72.8 Å². The Labute approximate surface area is 184 Å². The van der Waals surface area contributed by atoms with Crippen molar-refractivity contribution in [3.8, 4) is 0 Å². The van der Waals surface area contributed by atoms with Crippen LogP contribution in [-0.4, -0.2) is 34.9 Å². The summed E-state index contributed by atoms with van der Waals surface area (Å²) in [6.45, 7) is 0. The lowest BCUT2D eigenvalue weighted by molar-refractivity contribution is -0.124. The van der Waals surface area contributed by atoms with Gasteiger partial charge in [0.15, 0.2) is 5.78 Å². The Kier molecular flexibility index (Phi) is 4.08. The first-order valence-electron chi connectivity index (χ1n) is 10.6. The smallest absolute Gasteiger partial charge is 0.240 e. The number of fused-ring (bicyclic) bond motifs is 5. The van der Waals surface area contributed by atoms with Crippen molar-refractivity contribution >= 4 is 29.5 Å². The summed E-state index contributed by atoms with van der Waals surface area (Å²) >= 11 is 0. The van der Waals surface area contributed by atoms with Gasteiger partial charge in [-0.3, -0.25) is 19.4 Å². The summed E-state index contributed by atoms with van der Waals surface area (Å²) in [5.74, 6) is -2.31. The molecule has 0 radical (unpaired) electrons. The number of hydrogen-bond acceptors (Lipinski definition) is 5. The maximum absolute atomic E-state index is 13.7. The number of nitrogens with zero attached hydrogens (tertiary/aromatic N) is 3. The minimum atomic E-state index is -0.845. The molecule has 0 aliphatic carbocycles. The van der Waals surface area contributed by atoms with E-state index < -0.39 is 23.9 Å². The highest BCUT2D eigenvalue weighted by Gasteiger charge is 2.65. The van der Waals surface area contributed by atoms with Gasteiger partial charge in [0.1, 0.15) is 6.04 Å². The van der Waals surface area contributed by atoms with Crippen molar-refractivity contribution < 1.29 is 14.4 Å². The van der Waals surface area contributed by atoms with E-state index in [0.29, 0.717) is 11.3 Å². The molecule has 0 N–H and O–H groups in total. The first kappa shape index (κ1) is 18.7. The van der Waals surface area contributed by atoms with E-state index >= 15 is 0 Å². The summed E-state index contributed by atoms with van der Waals surface area (Å²) in [5.41, 5.74) is 2.85. The second-order valence-electron chi connectivity index (χ2n) is 8.27. The van der Waals surface area contributed by atoms with Gasteiger partial charge in [0.2, 0.25) is 11.8 Å². The van der Waals surface area contributed by atoms with E-state index in [1.165, 1.54) is 4.90 Å². The van der Waals surface area contributed by atoms with Crippen molar-refractivity contribution in [1.82, 2.24) is 5.01 Å². The van der Waals surface area contributed by atoms with Crippen molar-refractivity contribution in [3.05, 3.63) is 102 Å². The molecule has 2 amide bonds. The number of Topliss-reactive ketones (excluding diaryl/α,β-unsaturated/α-hetero) is 1. The second kappa shape index (κ2) is 6.99. The van der Waals surface area contributed by atoms with Gasteiger partial charge >= 0.3 is 0 Å². The van der Waals surface area contributed by atoms with Crippen LogP contribution in [0.25, 0.3) is 0 Å². The number of rotatable bonds is 3.